The van der Waals surface area contributed by atoms with Crippen LogP contribution in [0.15, 0.2) is 53.5 Å². The van der Waals surface area contributed by atoms with Gasteiger partial charge < -0.3 is 9.47 Å². The van der Waals surface area contributed by atoms with Crippen molar-refractivity contribution in [3.8, 4) is 5.75 Å². The fraction of sp³-hybridized carbons (Fsp3) is 0.400. The number of ether oxygens (including phenoxy) is 2. The molecule has 2 aromatic rings. The number of hydrogen-bond acceptors (Lipinski definition) is 5. The zero-order chi connectivity index (χ0) is 22.2. The second kappa shape index (κ2) is 10.9. The summed E-state index contributed by atoms with van der Waals surface area (Å²) in [6, 6.07) is 14.2. The molecule has 164 valence electrons. The van der Waals surface area contributed by atoms with Gasteiger partial charge in [0.2, 0.25) is 5.91 Å². The Morgan fingerprint density at radius 1 is 1.10 bits per heavy atom. The lowest BCUT2D eigenvalue weighted by atomic mass is 9.89. The van der Waals surface area contributed by atoms with Crippen molar-refractivity contribution in [3.63, 3.8) is 0 Å². The van der Waals surface area contributed by atoms with Gasteiger partial charge in [-0.1, -0.05) is 32.0 Å². The van der Waals surface area contributed by atoms with Crippen LogP contribution in [0.2, 0.25) is 0 Å². The van der Waals surface area contributed by atoms with E-state index in [4.69, 9.17) is 9.47 Å². The molecule has 0 spiro atoms. The summed E-state index contributed by atoms with van der Waals surface area (Å²) in [5.41, 5.74) is 1.74. The van der Waals surface area contributed by atoms with Gasteiger partial charge in [0, 0.05) is 31.5 Å². The number of rotatable bonds is 10. The van der Waals surface area contributed by atoms with E-state index in [0.29, 0.717) is 48.2 Å². The fourth-order valence-electron chi connectivity index (χ4n) is 3.46. The van der Waals surface area contributed by atoms with Crippen molar-refractivity contribution in [1.82, 2.24) is 0 Å². The van der Waals surface area contributed by atoms with Crippen LogP contribution in [0.4, 0.5) is 5.69 Å². The maximum Gasteiger partial charge on any atom is 0.265 e. The van der Waals surface area contributed by atoms with Gasteiger partial charge in [-0.05, 0) is 55.2 Å². The molecule has 3 rings (SSSR count). The van der Waals surface area contributed by atoms with Crippen molar-refractivity contribution in [1.29, 1.82) is 0 Å². The first-order valence-corrected chi connectivity index (χ1v) is 10.8. The van der Waals surface area contributed by atoms with Crippen LogP contribution in [0.1, 0.15) is 49.0 Å². The van der Waals surface area contributed by atoms with Crippen LogP contribution >= 0.6 is 0 Å². The highest BCUT2D eigenvalue weighted by Gasteiger charge is 2.38. The molecule has 6 nitrogen and oxygen atoms in total. The molecule has 0 fully saturated rings. The Bertz CT molecular complexity index is 921. The number of fused-ring (bicyclic) bond motifs is 1. The van der Waals surface area contributed by atoms with Crippen molar-refractivity contribution in [2.24, 2.45) is 10.9 Å². The van der Waals surface area contributed by atoms with E-state index in [-0.39, 0.29) is 11.8 Å². The highest BCUT2D eigenvalue weighted by atomic mass is 16.5. The molecule has 2 aromatic carbocycles. The Balaban J connectivity index is 1.77. The van der Waals surface area contributed by atoms with Gasteiger partial charge in [0.25, 0.3) is 5.91 Å². The Morgan fingerprint density at radius 3 is 2.55 bits per heavy atom. The third kappa shape index (κ3) is 5.58. The van der Waals surface area contributed by atoms with E-state index in [2.05, 4.69) is 18.8 Å². The van der Waals surface area contributed by atoms with Gasteiger partial charge in [0.1, 0.15) is 5.75 Å². The quantitative estimate of drug-likeness (QED) is 0.321. The Kier molecular flexibility index (Phi) is 7.95. The number of aliphatic imine (C=N–C) groups is 1. The predicted molar refractivity (Wildman–Crippen MR) is 122 cm³/mol. The number of hydrogen-bond donors (Lipinski definition) is 0. The third-order valence-corrected chi connectivity index (χ3v) is 4.90. The van der Waals surface area contributed by atoms with Crippen molar-refractivity contribution in [2.75, 3.05) is 31.3 Å². The number of imide groups is 1. The van der Waals surface area contributed by atoms with Crippen molar-refractivity contribution < 1.29 is 19.1 Å². The summed E-state index contributed by atoms with van der Waals surface area (Å²) in [4.78, 5) is 32.1. The lowest BCUT2D eigenvalue weighted by Gasteiger charge is -2.31. The molecule has 0 unspecified atom stereocenters. The molecule has 1 heterocycles. The summed E-state index contributed by atoms with van der Waals surface area (Å²) in [7, 11) is 0. The number of amides is 2. The van der Waals surface area contributed by atoms with Crippen molar-refractivity contribution in [3.05, 3.63) is 59.7 Å². The van der Waals surface area contributed by atoms with Gasteiger partial charge in [-0.3, -0.25) is 14.6 Å². The molecular formula is C25H30N2O4. The molecule has 0 bridgehead atoms. The maximum atomic E-state index is 13.3. The Morgan fingerprint density at radius 2 is 1.84 bits per heavy atom. The number of carbonyl (C=O) groups is 2. The minimum atomic E-state index is -0.600. The van der Waals surface area contributed by atoms with Crippen molar-refractivity contribution >= 4 is 23.7 Å². The molecule has 1 aliphatic heterocycles. The summed E-state index contributed by atoms with van der Waals surface area (Å²) in [6.45, 7) is 8.63. The smallest absolute Gasteiger partial charge is 0.265 e. The average molecular weight is 423 g/mol. The summed E-state index contributed by atoms with van der Waals surface area (Å²) in [5, 5.41) is 0. The summed E-state index contributed by atoms with van der Waals surface area (Å²) >= 11 is 0. The first kappa shape index (κ1) is 22.7. The van der Waals surface area contributed by atoms with Gasteiger partial charge in [-0.15, -0.1) is 0 Å². The molecule has 0 aliphatic carbocycles. The zero-order valence-electron chi connectivity index (χ0n) is 18.4. The van der Waals surface area contributed by atoms with Gasteiger partial charge in [0.15, 0.2) is 0 Å². The van der Waals surface area contributed by atoms with Crippen LogP contribution in [0, 0.1) is 5.92 Å². The fourth-order valence-corrected chi connectivity index (χ4v) is 3.46. The maximum absolute atomic E-state index is 13.3. The van der Waals surface area contributed by atoms with E-state index in [9.17, 15) is 9.59 Å². The van der Waals surface area contributed by atoms with E-state index in [1.54, 1.807) is 36.5 Å². The molecule has 0 N–H and O–H groups in total. The third-order valence-electron chi connectivity index (χ3n) is 4.90. The molecule has 1 atom stereocenters. The standard InChI is InChI=1S/C25H30N2O4/c1-4-31-20-12-10-19(11-13-20)27-24(28)22-9-6-5-8-21(22)23(25(27)29)16-26-14-7-15-30-17-18(2)3/h5-6,8-13,16,18,23H,4,7,14-15,17H2,1-3H3/t23-/m0/s1. The first-order valence-electron chi connectivity index (χ1n) is 10.8. The number of nitrogens with zero attached hydrogens (tertiary/aromatic N) is 2. The highest BCUT2D eigenvalue weighted by molar-refractivity contribution is 6.29. The van der Waals surface area contributed by atoms with E-state index in [0.717, 1.165) is 13.0 Å². The predicted octanol–water partition coefficient (Wildman–Crippen LogP) is 4.49. The molecule has 0 saturated carbocycles. The van der Waals surface area contributed by atoms with Crippen LogP contribution in [0.5, 0.6) is 5.75 Å². The molecule has 1 aliphatic rings. The normalized spacial score (nSPS) is 16.3. The van der Waals surface area contributed by atoms with Gasteiger partial charge in [0.05, 0.1) is 18.2 Å². The van der Waals surface area contributed by atoms with Crippen LogP contribution < -0.4 is 9.64 Å². The second-order valence-electron chi connectivity index (χ2n) is 7.85. The van der Waals surface area contributed by atoms with E-state index in [1.807, 2.05) is 25.1 Å². The molecule has 0 saturated heterocycles. The number of benzene rings is 2. The lowest BCUT2D eigenvalue weighted by Crippen LogP contribution is -2.45. The summed E-state index contributed by atoms with van der Waals surface area (Å²) < 4.78 is 11.0. The lowest BCUT2D eigenvalue weighted by molar-refractivity contribution is -0.118. The van der Waals surface area contributed by atoms with Gasteiger partial charge in [-0.2, -0.15) is 0 Å². The SMILES string of the molecule is CCOc1ccc(N2C(=O)c3ccccc3[C@H](C=NCCCOCC(C)C)C2=O)cc1. The minimum Gasteiger partial charge on any atom is -0.494 e. The molecule has 6 heteroatoms. The van der Waals surface area contributed by atoms with Crippen LogP contribution in [-0.2, 0) is 9.53 Å². The van der Waals surface area contributed by atoms with Crippen LogP contribution in [-0.4, -0.2) is 44.4 Å². The molecular weight excluding hydrogens is 392 g/mol. The second-order valence-corrected chi connectivity index (χ2v) is 7.85. The molecule has 0 radical (unpaired) electrons. The van der Waals surface area contributed by atoms with E-state index < -0.39 is 5.92 Å². The monoisotopic (exact) mass is 422 g/mol. The average Bonchev–Trinajstić information content (AvgIpc) is 2.76. The molecule has 2 amide bonds. The number of carbonyl (C=O) groups excluding carboxylic acids is 2. The molecule has 0 aromatic heterocycles. The largest absolute Gasteiger partial charge is 0.494 e. The highest BCUT2D eigenvalue weighted by Crippen LogP contribution is 2.32. The first-order chi connectivity index (χ1) is 15.0. The number of anilines is 1. The Hall–Kier alpha value is -2.99. The topological polar surface area (TPSA) is 68.2 Å². The summed E-state index contributed by atoms with van der Waals surface area (Å²) in [6.07, 6.45) is 2.45. The van der Waals surface area contributed by atoms with Gasteiger partial charge >= 0.3 is 0 Å². The Labute approximate surface area is 183 Å². The van der Waals surface area contributed by atoms with E-state index in [1.165, 1.54) is 4.90 Å². The van der Waals surface area contributed by atoms with Gasteiger partial charge in [-0.25, -0.2) is 4.90 Å². The van der Waals surface area contributed by atoms with E-state index >= 15 is 0 Å². The minimum absolute atomic E-state index is 0.298. The van der Waals surface area contributed by atoms with Crippen LogP contribution in [0.25, 0.3) is 0 Å². The zero-order valence-corrected chi connectivity index (χ0v) is 18.4. The van der Waals surface area contributed by atoms with Crippen LogP contribution in [0.3, 0.4) is 0 Å². The summed E-state index contributed by atoms with van der Waals surface area (Å²) in [5.74, 6) is -0.0199. The molecule has 31 heavy (non-hydrogen) atoms. The van der Waals surface area contributed by atoms with Crippen molar-refractivity contribution in [2.45, 2.75) is 33.1 Å².